The van der Waals surface area contributed by atoms with Gasteiger partial charge < -0.3 is 5.32 Å². The summed E-state index contributed by atoms with van der Waals surface area (Å²) in [6.45, 7) is 2.12. The molecule has 1 nitrogen and oxygen atoms in total. The Bertz CT molecular complexity index is 353. The van der Waals surface area contributed by atoms with Crippen LogP contribution in [0.1, 0.15) is 25.3 Å². The summed E-state index contributed by atoms with van der Waals surface area (Å²) in [5, 5.41) is 3.38. The smallest absolute Gasteiger partial charge is 0.146 e. The van der Waals surface area contributed by atoms with Crippen molar-refractivity contribution in [3.63, 3.8) is 0 Å². The number of nitrogens with one attached hydrogen (secondary N) is 1. The maximum absolute atomic E-state index is 13.7. The third-order valence-corrected chi connectivity index (χ3v) is 4.04. The molecule has 1 unspecified atom stereocenters. The van der Waals surface area contributed by atoms with Gasteiger partial charge in [0.05, 0.1) is 5.02 Å². The quantitative estimate of drug-likeness (QED) is 0.805. The summed E-state index contributed by atoms with van der Waals surface area (Å²) in [5.41, 5.74) is 0.682. The molecular weight excluding hydrogens is 292 g/mol. The third-order valence-electron chi connectivity index (χ3n) is 2.78. The van der Waals surface area contributed by atoms with Gasteiger partial charge in [0.15, 0.2) is 0 Å². The Kier molecular flexibility index (Phi) is 5.73. The molecule has 0 saturated carbocycles. The topological polar surface area (TPSA) is 12.0 Å². The average molecular weight is 309 g/mol. The van der Waals surface area contributed by atoms with Crippen LogP contribution in [0.4, 0.5) is 4.39 Å². The van der Waals surface area contributed by atoms with Crippen LogP contribution in [-0.4, -0.2) is 13.1 Å². The normalized spacial score (nSPS) is 12.8. The largest absolute Gasteiger partial charge is 0.317 e. The molecule has 16 heavy (non-hydrogen) atoms. The van der Waals surface area contributed by atoms with Crippen molar-refractivity contribution in [2.45, 2.75) is 32.2 Å². The first kappa shape index (κ1) is 13.9. The van der Waals surface area contributed by atoms with Gasteiger partial charge in [-0.2, -0.15) is 0 Å². The predicted molar refractivity (Wildman–Crippen MR) is 70.6 cm³/mol. The molecule has 0 amide bonds. The van der Waals surface area contributed by atoms with Gasteiger partial charge in [-0.25, -0.2) is 4.39 Å². The molecule has 0 aliphatic heterocycles. The van der Waals surface area contributed by atoms with Crippen LogP contribution in [0.3, 0.4) is 0 Å². The van der Waals surface area contributed by atoms with E-state index in [0.717, 1.165) is 12.8 Å². The van der Waals surface area contributed by atoms with Crippen LogP contribution in [-0.2, 0) is 6.42 Å². The number of hydrogen-bond donors (Lipinski definition) is 1. The maximum atomic E-state index is 13.7. The summed E-state index contributed by atoms with van der Waals surface area (Å²) in [4.78, 5) is 0. The molecule has 0 saturated heterocycles. The minimum atomic E-state index is -0.304. The summed E-state index contributed by atoms with van der Waals surface area (Å²) in [7, 11) is 1.93. The second kappa shape index (κ2) is 6.58. The molecule has 0 aliphatic rings. The van der Waals surface area contributed by atoms with Crippen LogP contribution in [0.25, 0.3) is 0 Å². The molecule has 1 rings (SSSR count). The van der Waals surface area contributed by atoms with E-state index >= 15 is 0 Å². The van der Waals surface area contributed by atoms with Crippen LogP contribution in [0, 0.1) is 5.82 Å². The highest BCUT2D eigenvalue weighted by atomic mass is 79.9. The lowest BCUT2D eigenvalue weighted by Gasteiger charge is -2.14. The van der Waals surface area contributed by atoms with Crippen molar-refractivity contribution in [3.05, 3.63) is 33.0 Å². The molecule has 0 fully saturated rings. The number of benzene rings is 1. The summed E-state index contributed by atoms with van der Waals surface area (Å²) in [5.74, 6) is -0.304. The summed E-state index contributed by atoms with van der Waals surface area (Å²) in [6, 6.07) is 4.01. The number of hydrogen-bond acceptors (Lipinski definition) is 1. The molecular formula is C12H16BrClFN. The predicted octanol–water partition coefficient (Wildman–Crippen LogP) is 4.17. The van der Waals surface area contributed by atoms with Crippen LogP contribution in [0.5, 0.6) is 0 Å². The second-order valence-corrected chi connectivity index (χ2v) is 5.00. The van der Waals surface area contributed by atoms with E-state index in [2.05, 4.69) is 28.2 Å². The molecule has 1 N–H and O–H groups in total. The van der Waals surface area contributed by atoms with Crippen molar-refractivity contribution in [1.29, 1.82) is 0 Å². The zero-order valence-electron chi connectivity index (χ0n) is 9.49. The first-order valence-corrected chi connectivity index (χ1v) is 6.56. The van der Waals surface area contributed by atoms with Crippen molar-refractivity contribution in [2.75, 3.05) is 7.05 Å². The molecule has 0 heterocycles. The Hall–Kier alpha value is -0.120. The number of aryl methyl sites for hydroxylation is 1. The fourth-order valence-electron chi connectivity index (χ4n) is 1.64. The van der Waals surface area contributed by atoms with E-state index in [1.54, 1.807) is 12.1 Å². The molecule has 0 spiro atoms. The first-order valence-electron chi connectivity index (χ1n) is 5.39. The van der Waals surface area contributed by atoms with Crippen molar-refractivity contribution >= 4 is 27.5 Å². The van der Waals surface area contributed by atoms with Gasteiger partial charge in [0.2, 0.25) is 0 Å². The highest BCUT2D eigenvalue weighted by molar-refractivity contribution is 9.10. The molecule has 4 heteroatoms. The minimum Gasteiger partial charge on any atom is -0.317 e. The van der Waals surface area contributed by atoms with E-state index < -0.39 is 0 Å². The summed E-state index contributed by atoms with van der Waals surface area (Å²) in [6.07, 6.45) is 2.67. The van der Waals surface area contributed by atoms with Crippen molar-refractivity contribution in [1.82, 2.24) is 5.32 Å². The molecule has 0 bridgehead atoms. The fourth-order valence-corrected chi connectivity index (χ4v) is 2.13. The van der Waals surface area contributed by atoms with Gasteiger partial charge in [-0.1, -0.05) is 24.6 Å². The summed E-state index contributed by atoms with van der Waals surface area (Å²) < 4.78 is 14.3. The Morgan fingerprint density at radius 3 is 2.75 bits per heavy atom. The van der Waals surface area contributed by atoms with E-state index in [1.165, 1.54) is 0 Å². The lowest BCUT2D eigenvalue weighted by molar-refractivity contribution is 0.501. The second-order valence-electron chi connectivity index (χ2n) is 3.77. The lowest BCUT2D eigenvalue weighted by Crippen LogP contribution is -2.24. The maximum Gasteiger partial charge on any atom is 0.146 e. The molecule has 0 aromatic heterocycles. The molecule has 0 radical (unpaired) electrons. The van der Waals surface area contributed by atoms with Gasteiger partial charge in [0.25, 0.3) is 0 Å². The highest BCUT2D eigenvalue weighted by Gasteiger charge is 2.11. The fraction of sp³-hybridized carbons (Fsp3) is 0.500. The zero-order valence-corrected chi connectivity index (χ0v) is 11.8. The monoisotopic (exact) mass is 307 g/mol. The van der Waals surface area contributed by atoms with E-state index in [4.69, 9.17) is 11.6 Å². The van der Waals surface area contributed by atoms with Gasteiger partial charge in [-0.05, 0) is 53.9 Å². The Morgan fingerprint density at radius 1 is 1.50 bits per heavy atom. The van der Waals surface area contributed by atoms with Crippen molar-refractivity contribution in [3.8, 4) is 0 Å². The van der Waals surface area contributed by atoms with Gasteiger partial charge in [0.1, 0.15) is 5.82 Å². The van der Waals surface area contributed by atoms with Gasteiger partial charge in [-0.3, -0.25) is 0 Å². The molecule has 1 aromatic rings. The standard InChI is InChI=1S/C12H16BrClFN/c1-3-9(16-2)6-4-8-5-7-10(13)11(14)12(8)15/h5,7,9,16H,3-4,6H2,1-2H3. The van der Waals surface area contributed by atoms with Crippen LogP contribution < -0.4 is 5.32 Å². The Labute approximate surface area is 110 Å². The van der Waals surface area contributed by atoms with Gasteiger partial charge in [0, 0.05) is 10.5 Å². The summed E-state index contributed by atoms with van der Waals surface area (Å²) >= 11 is 9.03. The third kappa shape index (κ3) is 3.44. The van der Waals surface area contributed by atoms with Crippen LogP contribution in [0.2, 0.25) is 5.02 Å². The van der Waals surface area contributed by atoms with Gasteiger partial charge >= 0.3 is 0 Å². The molecule has 1 aromatic carbocycles. The SMILES string of the molecule is CCC(CCc1ccc(Br)c(Cl)c1F)NC. The zero-order chi connectivity index (χ0) is 12.1. The first-order chi connectivity index (χ1) is 7.60. The lowest BCUT2D eigenvalue weighted by atomic mass is 10.0. The van der Waals surface area contributed by atoms with Crippen molar-refractivity contribution in [2.24, 2.45) is 0 Å². The van der Waals surface area contributed by atoms with Crippen LogP contribution >= 0.6 is 27.5 Å². The average Bonchev–Trinajstić information content (AvgIpc) is 2.30. The highest BCUT2D eigenvalue weighted by Crippen LogP contribution is 2.28. The Balaban J connectivity index is 2.71. The molecule has 0 aliphatic carbocycles. The number of rotatable bonds is 5. The van der Waals surface area contributed by atoms with E-state index in [9.17, 15) is 4.39 Å². The van der Waals surface area contributed by atoms with E-state index in [-0.39, 0.29) is 10.8 Å². The Morgan fingerprint density at radius 2 is 2.19 bits per heavy atom. The molecule has 1 atom stereocenters. The van der Waals surface area contributed by atoms with E-state index in [0.29, 0.717) is 22.5 Å². The van der Waals surface area contributed by atoms with E-state index in [1.807, 2.05) is 7.05 Å². The van der Waals surface area contributed by atoms with Crippen molar-refractivity contribution < 1.29 is 4.39 Å². The van der Waals surface area contributed by atoms with Crippen LogP contribution in [0.15, 0.2) is 16.6 Å². The minimum absolute atomic E-state index is 0.176. The number of halogens is 3. The van der Waals surface area contributed by atoms with Gasteiger partial charge in [-0.15, -0.1) is 0 Å². The molecule has 90 valence electrons.